The van der Waals surface area contributed by atoms with E-state index in [4.69, 9.17) is 0 Å². The number of aromatic nitrogens is 3. The molecular formula is C15H20N4O3S. The molecule has 2 heterocycles. The molecule has 0 unspecified atom stereocenters. The van der Waals surface area contributed by atoms with Crippen molar-refractivity contribution in [3.8, 4) is 0 Å². The van der Waals surface area contributed by atoms with Crippen molar-refractivity contribution in [2.45, 2.75) is 36.9 Å². The van der Waals surface area contributed by atoms with Crippen molar-refractivity contribution in [2.24, 2.45) is 0 Å². The summed E-state index contributed by atoms with van der Waals surface area (Å²) in [4.78, 5) is 22.2. The lowest BCUT2D eigenvalue weighted by Crippen LogP contribution is -2.25. The minimum atomic E-state index is -3.49. The average Bonchev–Trinajstić information content (AvgIpc) is 3.11. The van der Waals surface area contributed by atoms with Crippen molar-refractivity contribution >= 4 is 26.8 Å². The molecule has 0 spiro atoms. The van der Waals surface area contributed by atoms with Gasteiger partial charge >= 0.3 is 0 Å². The second-order valence-corrected chi connectivity index (χ2v) is 8.15. The third-order valence-electron chi connectivity index (χ3n) is 4.20. The van der Waals surface area contributed by atoms with Crippen LogP contribution < -0.4 is 0 Å². The molecule has 1 fully saturated rings. The van der Waals surface area contributed by atoms with Gasteiger partial charge in [-0.05, 0) is 18.9 Å². The predicted octanol–water partition coefficient (Wildman–Crippen LogP) is 1.65. The van der Waals surface area contributed by atoms with E-state index in [9.17, 15) is 13.2 Å². The Kier molecular flexibility index (Phi) is 3.87. The zero-order chi connectivity index (χ0) is 16.8. The number of nitrogens with zero attached hydrogens (tertiary/aromatic N) is 4. The molecule has 124 valence electrons. The van der Waals surface area contributed by atoms with Gasteiger partial charge in [-0.15, -0.1) is 0 Å². The summed E-state index contributed by atoms with van der Waals surface area (Å²) in [6.07, 6.45) is 6.71. The minimum Gasteiger partial charge on any atom is -0.343 e. The van der Waals surface area contributed by atoms with Crippen molar-refractivity contribution in [3.05, 3.63) is 18.0 Å². The summed E-state index contributed by atoms with van der Waals surface area (Å²) >= 11 is 0. The van der Waals surface area contributed by atoms with E-state index < -0.39 is 9.84 Å². The van der Waals surface area contributed by atoms with Crippen LogP contribution >= 0.6 is 0 Å². The lowest BCUT2D eigenvalue weighted by Gasteiger charge is -2.18. The third kappa shape index (κ3) is 2.83. The Hall–Kier alpha value is -1.96. The number of hydrogen-bond donors (Lipinski definition) is 0. The quantitative estimate of drug-likeness (QED) is 0.796. The van der Waals surface area contributed by atoms with E-state index in [1.807, 2.05) is 4.57 Å². The smallest absolute Gasteiger partial charge is 0.270 e. The topological polar surface area (TPSA) is 85.2 Å². The van der Waals surface area contributed by atoms with Crippen molar-refractivity contribution in [2.75, 3.05) is 20.4 Å². The normalized spacial score (nSPS) is 16.1. The molecule has 2 aromatic rings. The van der Waals surface area contributed by atoms with E-state index in [-0.39, 0.29) is 17.1 Å². The molecule has 7 nitrogen and oxygen atoms in total. The van der Waals surface area contributed by atoms with Gasteiger partial charge in [0.2, 0.25) is 15.0 Å². The van der Waals surface area contributed by atoms with Crippen LogP contribution in [0.1, 0.15) is 42.2 Å². The molecule has 0 N–H and O–H groups in total. The van der Waals surface area contributed by atoms with Crippen LogP contribution in [-0.2, 0) is 9.84 Å². The van der Waals surface area contributed by atoms with Crippen LogP contribution in [0, 0.1) is 0 Å². The van der Waals surface area contributed by atoms with Crippen LogP contribution in [0.5, 0.6) is 0 Å². The summed E-state index contributed by atoms with van der Waals surface area (Å²) in [6, 6.07) is 1.93. The van der Waals surface area contributed by atoms with Crippen LogP contribution in [-0.4, -0.2) is 54.1 Å². The molecule has 0 bridgehead atoms. The molecule has 0 aromatic carbocycles. The van der Waals surface area contributed by atoms with Crippen molar-refractivity contribution < 1.29 is 13.2 Å². The maximum absolute atomic E-state index is 12.5. The maximum atomic E-state index is 12.5. The minimum absolute atomic E-state index is 0.115. The standard InChI is InChI=1S/C15H20N4O3S/c1-18(2)14(20)12-8-10-9-16-15(23(3,21)22)17-13(10)19(12)11-6-4-5-7-11/h8-9,11H,4-7H2,1-3H3. The van der Waals surface area contributed by atoms with Gasteiger partial charge in [-0.25, -0.2) is 13.4 Å². The Morgan fingerprint density at radius 1 is 1.30 bits per heavy atom. The van der Waals surface area contributed by atoms with Gasteiger partial charge in [0.15, 0.2) is 0 Å². The summed E-state index contributed by atoms with van der Waals surface area (Å²) in [5.74, 6) is -0.115. The Balaban J connectivity index is 2.26. The third-order valence-corrected chi connectivity index (χ3v) is 5.06. The number of amides is 1. The van der Waals surface area contributed by atoms with E-state index in [2.05, 4.69) is 9.97 Å². The molecule has 1 saturated carbocycles. The Labute approximate surface area is 135 Å². The lowest BCUT2D eigenvalue weighted by atomic mass is 10.2. The van der Waals surface area contributed by atoms with Gasteiger partial charge in [-0.2, -0.15) is 4.98 Å². The first-order chi connectivity index (χ1) is 10.8. The number of rotatable bonds is 3. The molecule has 8 heteroatoms. The zero-order valence-electron chi connectivity index (χ0n) is 13.5. The summed E-state index contributed by atoms with van der Waals surface area (Å²) < 4.78 is 25.4. The molecule has 3 rings (SSSR count). The molecule has 0 saturated heterocycles. The first-order valence-corrected chi connectivity index (χ1v) is 9.48. The zero-order valence-corrected chi connectivity index (χ0v) is 14.3. The van der Waals surface area contributed by atoms with Gasteiger partial charge in [-0.3, -0.25) is 4.79 Å². The van der Waals surface area contributed by atoms with Crippen molar-refractivity contribution in [1.82, 2.24) is 19.4 Å². The van der Waals surface area contributed by atoms with E-state index >= 15 is 0 Å². The van der Waals surface area contributed by atoms with E-state index in [1.54, 1.807) is 20.2 Å². The molecule has 2 aromatic heterocycles. The maximum Gasteiger partial charge on any atom is 0.270 e. The molecule has 1 amide bonds. The van der Waals surface area contributed by atoms with Crippen LogP contribution in [0.25, 0.3) is 11.0 Å². The SMILES string of the molecule is CN(C)C(=O)c1cc2cnc(S(C)(=O)=O)nc2n1C1CCCC1. The highest BCUT2D eigenvalue weighted by molar-refractivity contribution is 7.90. The van der Waals surface area contributed by atoms with E-state index in [0.29, 0.717) is 16.7 Å². The summed E-state index contributed by atoms with van der Waals surface area (Å²) in [6.45, 7) is 0. The second-order valence-electron chi connectivity index (χ2n) is 6.24. The van der Waals surface area contributed by atoms with Crippen LogP contribution in [0.4, 0.5) is 0 Å². The van der Waals surface area contributed by atoms with Gasteiger partial charge < -0.3 is 9.47 Å². The fraction of sp³-hybridized carbons (Fsp3) is 0.533. The van der Waals surface area contributed by atoms with E-state index in [0.717, 1.165) is 31.9 Å². The molecule has 0 aliphatic heterocycles. The van der Waals surface area contributed by atoms with Gasteiger partial charge in [0.05, 0.1) is 0 Å². The fourth-order valence-corrected chi connectivity index (χ4v) is 3.59. The van der Waals surface area contributed by atoms with E-state index in [1.165, 1.54) is 11.1 Å². The number of sulfone groups is 1. The van der Waals surface area contributed by atoms with Gasteiger partial charge in [0.1, 0.15) is 11.3 Å². The molecule has 0 atom stereocenters. The first kappa shape index (κ1) is 15.9. The summed E-state index contributed by atoms with van der Waals surface area (Å²) in [7, 11) is -0.0908. The predicted molar refractivity (Wildman–Crippen MR) is 86.2 cm³/mol. The molecule has 1 aliphatic rings. The number of carbonyl (C=O) groups is 1. The molecule has 0 radical (unpaired) electrons. The molecule has 23 heavy (non-hydrogen) atoms. The highest BCUT2D eigenvalue weighted by Gasteiger charge is 2.27. The number of hydrogen-bond acceptors (Lipinski definition) is 5. The summed E-state index contributed by atoms with van der Waals surface area (Å²) in [5.41, 5.74) is 1.06. The van der Waals surface area contributed by atoms with Gasteiger partial charge in [-0.1, -0.05) is 12.8 Å². The second kappa shape index (κ2) is 5.59. The van der Waals surface area contributed by atoms with Gasteiger partial charge in [0, 0.05) is 38.0 Å². The summed E-state index contributed by atoms with van der Waals surface area (Å²) in [5, 5.41) is 0.487. The fourth-order valence-electron chi connectivity index (χ4n) is 3.10. The average molecular weight is 336 g/mol. The van der Waals surface area contributed by atoms with Crippen LogP contribution in [0.3, 0.4) is 0 Å². The molecule has 1 aliphatic carbocycles. The number of fused-ring (bicyclic) bond motifs is 1. The Morgan fingerprint density at radius 2 is 1.96 bits per heavy atom. The number of carbonyl (C=O) groups excluding carboxylic acids is 1. The Bertz CT molecular complexity index is 864. The largest absolute Gasteiger partial charge is 0.343 e. The lowest BCUT2D eigenvalue weighted by molar-refractivity contribution is 0.0815. The van der Waals surface area contributed by atoms with Gasteiger partial charge in [0.25, 0.3) is 5.91 Å². The van der Waals surface area contributed by atoms with Crippen molar-refractivity contribution in [1.29, 1.82) is 0 Å². The first-order valence-electron chi connectivity index (χ1n) is 7.58. The van der Waals surface area contributed by atoms with Crippen LogP contribution in [0.2, 0.25) is 0 Å². The molecular weight excluding hydrogens is 316 g/mol. The highest BCUT2D eigenvalue weighted by atomic mass is 32.2. The van der Waals surface area contributed by atoms with Crippen LogP contribution in [0.15, 0.2) is 17.4 Å². The monoisotopic (exact) mass is 336 g/mol. The highest BCUT2D eigenvalue weighted by Crippen LogP contribution is 2.34. The Morgan fingerprint density at radius 3 is 2.52 bits per heavy atom. The van der Waals surface area contributed by atoms with Crippen molar-refractivity contribution in [3.63, 3.8) is 0 Å².